The molecule has 11 heteroatoms. The monoisotopic (exact) mass is 488 g/mol. The lowest BCUT2D eigenvalue weighted by atomic mass is 9.94. The number of amides is 4. The van der Waals surface area contributed by atoms with E-state index in [1.54, 1.807) is 35.2 Å². The molecule has 1 aromatic heterocycles. The molecule has 0 saturated carbocycles. The molecule has 3 aliphatic heterocycles. The summed E-state index contributed by atoms with van der Waals surface area (Å²) < 4.78 is 14.7. The number of imide groups is 1. The largest absolute Gasteiger partial charge is 0.330 e. The number of benzene rings is 2. The molecule has 0 spiro atoms. The summed E-state index contributed by atoms with van der Waals surface area (Å²) in [6.45, 7) is 0.846. The molecule has 2 atom stereocenters. The molecule has 3 aliphatic rings. The molecular weight excluding hydrogens is 467 g/mol. The summed E-state index contributed by atoms with van der Waals surface area (Å²) in [5.41, 5.74) is 2.80. The number of piperidine rings is 1. The van der Waals surface area contributed by atoms with Crippen molar-refractivity contribution in [2.45, 2.75) is 37.9 Å². The smallest absolute Gasteiger partial charge is 0.276 e. The van der Waals surface area contributed by atoms with E-state index in [0.717, 1.165) is 17.5 Å². The molecule has 4 heterocycles. The van der Waals surface area contributed by atoms with Gasteiger partial charge in [0, 0.05) is 25.1 Å². The molecule has 4 amide bonds. The Hall–Kier alpha value is -4.41. The summed E-state index contributed by atoms with van der Waals surface area (Å²) >= 11 is 0. The predicted octanol–water partition coefficient (Wildman–Crippen LogP) is 1.75. The fourth-order valence-electron chi connectivity index (χ4n) is 4.98. The number of nitrogens with one attached hydrogen (secondary N) is 1. The van der Waals surface area contributed by atoms with E-state index in [9.17, 15) is 23.6 Å². The second-order valence-corrected chi connectivity index (χ2v) is 9.14. The van der Waals surface area contributed by atoms with Gasteiger partial charge in [0.2, 0.25) is 11.8 Å². The van der Waals surface area contributed by atoms with Gasteiger partial charge < -0.3 is 9.80 Å². The third-order valence-electron chi connectivity index (χ3n) is 7.02. The Bertz CT molecular complexity index is 1420. The first-order valence-electron chi connectivity index (χ1n) is 11.7. The van der Waals surface area contributed by atoms with E-state index in [2.05, 4.69) is 15.6 Å². The maximum atomic E-state index is 13.3. The van der Waals surface area contributed by atoms with Crippen molar-refractivity contribution >= 4 is 23.6 Å². The fourth-order valence-corrected chi connectivity index (χ4v) is 4.98. The van der Waals surface area contributed by atoms with Gasteiger partial charge in [0.1, 0.15) is 11.9 Å². The molecule has 0 bridgehead atoms. The Morgan fingerprint density at radius 3 is 2.56 bits per heavy atom. The van der Waals surface area contributed by atoms with Crippen LogP contribution in [-0.4, -0.2) is 61.0 Å². The standard InChI is InChI=1S/C25H21FN6O4/c26-16-4-1-14(2-5-16)20-9-10-30(20)25(36)19-13-32(29-28-19)17-6-3-15-12-31(24(35)18(15)11-17)21-7-8-22(33)27-23(21)34/h1-6,11,13,20-21H,7-10,12H2,(H,27,33,34). The first kappa shape index (κ1) is 22.1. The van der Waals surface area contributed by atoms with Gasteiger partial charge >= 0.3 is 0 Å². The Morgan fingerprint density at radius 2 is 1.83 bits per heavy atom. The number of hydrogen-bond acceptors (Lipinski definition) is 6. The molecule has 36 heavy (non-hydrogen) atoms. The highest BCUT2D eigenvalue weighted by molar-refractivity contribution is 6.05. The van der Waals surface area contributed by atoms with E-state index in [4.69, 9.17) is 0 Å². The zero-order valence-corrected chi connectivity index (χ0v) is 19.1. The van der Waals surface area contributed by atoms with E-state index in [-0.39, 0.29) is 48.2 Å². The van der Waals surface area contributed by atoms with Crippen molar-refractivity contribution in [3.05, 3.63) is 76.9 Å². The maximum absolute atomic E-state index is 13.3. The Balaban J connectivity index is 1.19. The minimum Gasteiger partial charge on any atom is -0.330 e. The third-order valence-corrected chi connectivity index (χ3v) is 7.02. The van der Waals surface area contributed by atoms with Crippen LogP contribution in [0, 0.1) is 5.82 Å². The minimum atomic E-state index is -0.688. The Kier molecular flexibility index (Phi) is 5.13. The number of carbonyl (C=O) groups is 4. The van der Waals surface area contributed by atoms with E-state index in [0.29, 0.717) is 24.2 Å². The summed E-state index contributed by atoms with van der Waals surface area (Å²) in [5, 5.41) is 10.4. The van der Waals surface area contributed by atoms with Gasteiger partial charge in [0.15, 0.2) is 5.69 Å². The summed E-state index contributed by atoms with van der Waals surface area (Å²) in [7, 11) is 0. The van der Waals surface area contributed by atoms with Crippen LogP contribution in [-0.2, 0) is 16.1 Å². The highest BCUT2D eigenvalue weighted by Gasteiger charge is 2.39. The molecule has 2 fully saturated rings. The van der Waals surface area contributed by atoms with Crippen LogP contribution in [0.2, 0.25) is 0 Å². The van der Waals surface area contributed by atoms with E-state index in [1.165, 1.54) is 27.9 Å². The van der Waals surface area contributed by atoms with E-state index in [1.807, 2.05) is 0 Å². The number of carbonyl (C=O) groups excluding carboxylic acids is 4. The number of rotatable bonds is 4. The molecule has 6 rings (SSSR count). The van der Waals surface area contributed by atoms with Crippen LogP contribution >= 0.6 is 0 Å². The zero-order valence-electron chi connectivity index (χ0n) is 19.1. The van der Waals surface area contributed by atoms with Crippen molar-refractivity contribution in [3.63, 3.8) is 0 Å². The van der Waals surface area contributed by atoms with Crippen molar-refractivity contribution in [1.82, 2.24) is 30.1 Å². The van der Waals surface area contributed by atoms with Crippen molar-refractivity contribution in [2.24, 2.45) is 0 Å². The van der Waals surface area contributed by atoms with Gasteiger partial charge in [-0.15, -0.1) is 5.10 Å². The number of likely N-dealkylation sites (tertiary alicyclic amines) is 1. The van der Waals surface area contributed by atoms with Gasteiger partial charge in [-0.1, -0.05) is 23.4 Å². The Morgan fingerprint density at radius 1 is 1.03 bits per heavy atom. The topological polar surface area (TPSA) is 118 Å². The van der Waals surface area contributed by atoms with Gasteiger partial charge in [-0.3, -0.25) is 24.5 Å². The normalized spacial score (nSPS) is 21.3. The van der Waals surface area contributed by atoms with Crippen LogP contribution in [0.4, 0.5) is 4.39 Å². The zero-order chi connectivity index (χ0) is 25.0. The van der Waals surface area contributed by atoms with Crippen LogP contribution < -0.4 is 5.32 Å². The van der Waals surface area contributed by atoms with Gasteiger partial charge in [-0.05, 0) is 48.2 Å². The second-order valence-electron chi connectivity index (χ2n) is 9.14. The average molecular weight is 488 g/mol. The van der Waals surface area contributed by atoms with Crippen LogP contribution in [0.1, 0.15) is 57.3 Å². The van der Waals surface area contributed by atoms with Crippen LogP contribution in [0.5, 0.6) is 0 Å². The molecule has 182 valence electrons. The van der Waals surface area contributed by atoms with Crippen molar-refractivity contribution in [1.29, 1.82) is 0 Å². The summed E-state index contributed by atoms with van der Waals surface area (Å²) in [4.78, 5) is 53.0. The third kappa shape index (κ3) is 3.63. The summed E-state index contributed by atoms with van der Waals surface area (Å²) in [5.74, 6) is -1.69. The van der Waals surface area contributed by atoms with Gasteiger partial charge in [-0.25, -0.2) is 9.07 Å². The van der Waals surface area contributed by atoms with Crippen LogP contribution in [0.15, 0.2) is 48.7 Å². The first-order valence-corrected chi connectivity index (χ1v) is 11.7. The van der Waals surface area contributed by atoms with Gasteiger partial charge in [0.25, 0.3) is 11.8 Å². The number of halogens is 1. The number of fused-ring (bicyclic) bond motifs is 1. The molecule has 2 saturated heterocycles. The molecule has 10 nitrogen and oxygen atoms in total. The molecule has 1 N–H and O–H groups in total. The van der Waals surface area contributed by atoms with Crippen LogP contribution in [0.3, 0.4) is 0 Å². The van der Waals surface area contributed by atoms with E-state index >= 15 is 0 Å². The summed E-state index contributed by atoms with van der Waals surface area (Å²) in [6, 6.07) is 10.5. The molecule has 2 aromatic carbocycles. The van der Waals surface area contributed by atoms with Gasteiger partial charge in [-0.2, -0.15) is 0 Å². The second kappa shape index (κ2) is 8.36. The van der Waals surface area contributed by atoms with Crippen molar-refractivity contribution in [2.75, 3.05) is 6.54 Å². The molecule has 0 aliphatic carbocycles. The van der Waals surface area contributed by atoms with Crippen LogP contribution in [0.25, 0.3) is 5.69 Å². The SMILES string of the molecule is O=C1CCC(N2Cc3ccc(-n4cc(C(=O)N5CCC5c5ccc(F)cc5)nn4)cc3C2=O)C(=O)N1. The van der Waals surface area contributed by atoms with Crippen molar-refractivity contribution < 1.29 is 23.6 Å². The Labute approximate surface area is 204 Å². The fraction of sp³-hybridized carbons (Fsp3) is 0.280. The highest BCUT2D eigenvalue weighted by atomic mass is 19.1. The lowest BCUT2D eigenvalue weighted by Crippen LogP contribution is -2.52. The molecule has 0 radical (unpaired) electrons. The highest BCUT2D eigenvalue weighted by Crippen LogP contribution is 2.34. The lowest BCUT2D eigenvalue weighted by molar-refractivity contribution is -0.136. The predicted molar refractivity (Wildman–Crippen MR) is 122 cm³/mol. The molecule has 3 aromatic rings. The number of aromatic nitrogens is 3. The number of nitrogens with zero attached hydrogens (tertiary/aromatic N) is 5. The summed E-state index contributed by atoms with van der Waals surface area (Å²) in [6.07, 6.45) is 2.78. The van der Waals surface area contributed by atoms with Crippen molar-refractivity contribution in [3.8, 4) is 5.69 Å². The average Bonchev–Trinajstić information content (AvgIpc) is 3.45. The quantitative estimate of drug-likeness (QED) is 0.560. The maximum Gasteiger partial charge on any atom is 0.276 e. The lowest BCUT2D eigenvalue weighted by Gasteiger charge is -2.40. The first-order chi connectivity index (χ1) is 17.4. The van der Waals surface area contributed by atoms with Gasteiger partial charge in [0.05, 0.1) is 17.9 Å². The van der Waals surface area contributed by atoms with E-state index < -0.39 is 11.9 Å². The number of hydrogen-bond donors (Lipinski definition) is 1. The molecule has 2 unspecified atom stereocenters. The minimum absolute atomic E-state index is 0.140. The molecular formula is C25H21FN6O4.